The zero-order valence-corrected chi connectivity index (χ0v) is 16.3. The topological polar surface area (TPSA) is 42.9 Å². The molecule has 0 aliphatic carbocycles. The van der Waals surface area contributed by atoms with Crippen LogP contribution in [0.2, 0.25) is 0 Å². The molecule has 0 saturated carbocycles. The van der Waals surface area contributed by atoms with E-state index >= 15 is 0 Å². The Morgan fingerprint density at radius 3 is 1.71 bits per heavy atom. The number of hydrogen-bond donors (Lipinski definition) is 0. The average molecular weight is 343 g/mol. The highest BCUT2D eigenvalue weighted by molar-refractivity contribution is 7.80. The van der Waals surface area contributed by atoms with Gasteiger partial charge >= 0.3 is 0 Å². The van der Waals surface area contributed by atoms with Crippen molar-refractivity contribution in [3.8, 4) is 0 Å². The molecule has 0 bridgehead atoms. The van der Waals surface area contributed by atoms with Gasteiger partial charge in [0.2, 0.25) is 0 Å². The predicted molar refractivity (Wildman–Crippen MR) is 104 cm³/mol. The maximum absolute atomic E-state index is 11.3. The smallest absolute Gasteiger partial charge is 0.180 e. The monoisotopic (exact) mass is 342 g/mol. The van der Waals surface area contributed by atoms with Crippen molar-refractivity contribution in [2.45, 2.75) is 54.4 Å². The number of Topliss-reactive ketones (excluding diaryl/α,β-unsaturated/α-hetero) is 1. The van der Waals surface area contributed by atoms with Gasteiger partial charge in [0.05, 0.1) is 5.69 Å². The normalized spacial score (nSPS) is 9.92. The quantitative estimate of drug-likeness (QED) is 0.571. The van der Waals surface area contributed by atoms with Gasteiger partial charge in [-0.2, -0.15) is 0 Å². The lowest BCUT2D eigenvalue weighted by molar-refractivity contribution is 0.0983. The summed E-state index contributed by atoms with van der Waals surface area (Å²) in [5, 5.41) is 0. The predicted octanol–water partition coefficient (Wildman–Crippen LogP) is 5.12. The van der Waals surface area contributed by atoms with E-state index in [4.69, 9.17) is 12.2 Å². The first-order valence-electron chi connectivity index (χ1n) is 8.23. The van der Waals surface area contributed by atoms with Gasteiger partial charge in [0.25, 0.3) is 0 Å². The van der Waals surface area contributed by atoms with Crippen molar-refractivity contribution in [2.75, 3.05) is 0 Å². The lowest BCUT2D eigenvalue weighted by Crippen LogP contribution is -2.01. The van der Waals surface area contributed by atoms with Crippen LogP contribution < -0.4 is 0 Å². The number of aryl methyl sites for hydroxylation is 4. The molecule has 2 rings (SSSR count). The molecule has 2 heterocycles. The third kappa shape index (κ3) is 6.28. The van der Waals surface area contributed by atoms with Crippen molar-refractivity contribution in [1.29, 1.82) is 0 Å². The summed E-state index contributed by atoms with van der Waals surface area (Å²) in [4.78, 5) is 20.7. The minimum absolute atomic E-state index is 0.113. The molecule has 0 spiro atoms. The first-order chi connectivity index (χ1) is 11.3. The fourth-order valence-corrected chi connectivity index (χ4v) is 2.44. The van der Waals surface area contributed by atoms with Gasteiger partial charge in [-0.1, -0.05) is 26.1 Å². The van der Waals surface area contributed by atoms with Crippen LogP contribution >= 0.6 is 12.2 Å². The third-order valence-electron chi connectivity index (χ3n) is 3.41. The number of nitrogens with zero attached hydrogens (tertiary/aromatic N) is 2. The lowest BCUT2D eigenvalue weighted by Gasteiger charge is -2.02. The summed E-state index contributed by atoms with van der Waals surface area (Å²) in [6.07, 6.45) is 1.42. The zero-order chi connectivity index (χ0) is 18.3. The molecular weight excluding hydrogens is 316 g/mol. The Bertz CT molecular complexity index is 634. The molecule has 0 fully saturated rings. The Hall–Kier alpha value is -1.94. The Balaban J connectivity index is 0.000000240. The van der Waals surface area contributed by atoms with Crippen molar-refractivity contribution in [1.82, 2.24) is 9.97 Å². The summed E-state index contributed by atoms with van der Waals surface area (Å²) in [5.41, 5.74) is 5.83. The molecule has 4 heteroatoms. The number of aromatic nitrogens is 2. The van der Waals surface area contributed by atoms with E-state index < -0.39 is 0 Å². The second kappa shape index (κ2) is 9.38. The number of hydrogen-bond acceptors (Lipinski definition) is 4. The van der Waals surface area contributed by atoms with Crippen LogP contribution in [0.4, 0.5) is 0 Å². The molecule has 2 aromatic heterocycles. The summed E-state index contributed by atoms with van der Waals surface area (Å²) in [6, 6.07) is 7.89. The summed E-state index contributed by atoms with van der Waals surface area (Å²) in [6.45, 7) is 11.8. The van der Waals surface area contributed by atoms with Crippen LogP contribution in [-0.2, 0) is 0 Å². The Morgan fingerprint density at radius 2 is 1.29 bits per heavy atom. The molecule has 0 aromatic carbocycles. The number of carbonyl (C=O) groups is 1. The van der Waals surface area contributed by atoms with Crippen LogP contribution in [0.15, 0.2) is 24.3 Å². The van der Waals surface area contributed by atoms with E-state index in [-0.39, 0.29) is 5.78 Å². The van der Waals surface area contributed by atoms with Crippen molar-refractivity contribution in [2.24, 2.45) is 0 Å². The Morgan fingerprint density at radius 1 is 0.833 bits per heavy atom. The molecular formula is C20H26N2OS. The highest BCUT2D eigenvalue weighted by Gasteiger charge is 2.05. The number of rotatable bonds is 4. The third-order valence-corrected chi connectivity index (χ3v) is 3.91. The van der Waals surface area contributed by atoms with Gasteiger partial charge in [-0.15, -0.1) is 0 Å². The summed E-state index contributed by atoms with van der Waals surface area (Å²) in [5.74, 6) is 0.113. The first kappa shape index (κ1) is 20.1. The second-order valence-electron chi connectivity index (χ2n) is 5.90. The van der Waals surface area contributed by atoms with Gasteiger partial charge in [0, 0.05) is 22.7 Å². The molecule has 0 N–H and O–H groups in total. The summed E-state index contributed by atoms with van der Waals surface area (Å²) < 4.78 is 0. The lowest BCUT2D eigenvalue weighted by atomic mass is 10.1. The minimum Gasteiger partial charge on any atom is -0.292 e. The van der Waals surface area contributed by atoms with Crippen molar-refractivity contribution < 1.29 is 4.79 Å². The number of pyridine rings is 2. The molecule has 0 atom stereocenters. The van der Waals surface area contributed by atoms with E-state index in [9.17, 15) is 4.79 Å². The van der Waals surface area contributed by atoms with Gasteiger partial charge in [-0.25, -0.2) is 0 Å². The number of carbonyl (C=O) groups excluding carboxylic acids is 1. The molecule has 2 aromatic rings. The molecule has 0 unspecified atom stereocenters. The van der Waals surface area contributed by atoms with Crippen LogP contribution in [0.1, 0.15) is 65.4 Å². The molecule has 3 nitrogen and oxygen atoms in total. The van der Waals surface area contributed by atoms with Gasteiger partial charge in [-0.05, 0) is 69.5 Å². The summed E-state index contributed by atoms with van der Waals surface area (Å²) >= 11 is 5.18. The van der Waals surface area contributed by atoms with Crippen molar-refractivity contribution in [3.05, 3.63) is 58.2 Å². The van der Waals surface area contributed by atoms with E-state index in [1.54, 1.807) is 0 Å². The van der Waals surface area contributed by atoms with E-state index in [2.05, 4.69) is 29.9 Å². The van der Waals surface area contributed by atoms with Crippen molar-refractivity contribution >= 4 is 22.9 Å². The molecule has 0 aliphatic rings. The van der Waals surface area contributed by atoms with Crippen LogP contribution in [0, 0.1) is 27.7 Å². The standard InChI is InChI=1S/C10H13NO.C10H13NS/c2*1-4-10(12)9-6-7(2)5-8(3)11-9/h2*5-6H,4H2,1-3H3. The van der Waals surface area contributed by atoms with E-state index in [0.29, 0.717) is 12.1 Å². The van der Waals surface area contributed by atoms with E-state index in [1.165, 1.54) is 5.56 Å². The fourth-order valence-electron chi connectivity index (χ4n) is 2.33. The number of thiocarbonyl (C=S) groups is 1. The Labute approximate surface area is 150 Å². The van der Waals surface area contributed by atoms with Crippen LogP contribution in [0.3, 0.4) is 0 Å². The molecule has 0 aliphatic heterocycles. The maximum Gasteiger partial charge on any atom is 0.180 e. The van der Waals surface area contributed by atoms with Crippen LogP contribution in [0.5, 0.6) is 0 Å². The van der Waals surface area contributed by atoms with Gasteiger partial charge in [0.1, 0.15) is 5.69 Å². The molecule has 128 valence electrons. The summed E-state index contributed by atoms with van der Waals surface area (Å²) in [7, 11) is 0. The van der Waals surface area contributed by atoms with Gasteiger partial charge < -0.3 is 0 Å². The average Bonchev–Trinajstić information content (AvgIpc) is 2.52. The van der Waals surface area contributed by atoms with Crippen LogP contribution in [-0.4, -0.2) is 20.6 Å². The van der Waals surface area contributed by atoms with Crippen molar-refractivity contribution in [3.63, 3.8) is 0 Å². The first-order valence-corrected chi connectivity index (χ1v) is 8.64. The SMILES string of the molecule is CCC(=O)c1cc(C)cc(C)n1.CCC(=S)c1cc(C)cc(C)n1. The Kier molecular flexibility index (Phi) is 7.86. The minimum atomic E-state index is 0.113. The maximum atomic E-state index is 11.3. The van der Waals surface area contributed by atoms with Crippen LogP contribution in [0.25, 0.3) is 0 Å². The molecule has 0 amide bonds. The van der Waals surface area contributed by atoms with E-state index in [1.807, 2.05) is 45.9 Å². The zero-order valence-electron chi connectivity index (χ0n) is 15.4. The fraction of sp³-hybridized carbons (Fsp3) is 0.400. The highest BCUT2D eigenvalue weighted by Crippen LogP contribution is 2.07. The van der Waals surface area contributed by atoms with Gasteiger partial charge in [-0.3, -0.25) is 14.8 Å². The molecule has 0 saturated heterocycles. The van der Waals surface area contributed by atoms with E-state index in [0.717, 1.165) is 33.9 Å². The molecule has 24 heavy (non-hydrogen) atoms. The number of ketones is 1. The largest absolute Gasteiger partial charge is 0.292 e. The highest BCUT2D eigenvalue weighted by atomic mass is 32.1. The second-order valence-corrected chi connectivity index (χ2v) is 6.39. The van der Waals surface area contributed by atoms with Gasteiger partial charge in [0.15, 0.2) is 5.78 Å². The molecule has 0 radical (unpaired) electrons.